The number of pyridine rings is 1. The molecule has 0 unspecified atom stereocenters. The molecule has 0 saturated carbocycles. The summed E-state index contributed by atoms with van der Waals surface area (Å²) in [7, 11) is 0.311. The van der Waals surface area contributed by atoms with E-state index in [9.17, 15) is 9.50 Å². The molecule has 0 aliphatic heterocycles. The molecule has 184 valence electrons. The van der Waals surface area contributed by atoms with Gasteiger partial charge < -0.3 is 9.76 Å². The SMILES string of the molecule is C=C(/C=C\C(C)=C/C)Sn1c(Cc2ccccc2F)cc2c(BOC(C)(C)C(C)(C)O)ccnc21. The van der Waals surface area contributed by atoms with Gasteiger partial charge in [-0.2, -0.15) is 0 Å². The van der Waals surface area contributed by atoms with Gasteiger partial charge in [-0.05, 0) is 88.8 Å². The van der Waals surface area contributed by atoms with Crippen molar-refractivity contribution in [2.45, 2.75) is 59.2 Å². The van der Waals surface area contributed by atoms with Crippen molar-refractivity contribution in [3.63, 3.8) is 0 Å². The van der Waals surface area contributed by atoms with Crippen molar-refractivity contribution >= 4 is 35.9 Å². The third-order valence-corrected chi connectivity index (χ3v) is 7.37. The molecule has 3 aromatic rings. The fourth-order valence-electron chi connectivity index (χ4n) is 3.27. The highest BCUT2D eigenvalue weighted by atomic mass is 32.2. The predicted molar refractivity (Wildman–Crippen MR) is 148 cm³/mol. The van der Waals surface area contributed by atoms with Gasteiger partial charge in [0.05, 0.1) is 11.2 Å². The van der Waals surface area contributed by atoms with Crippen LogP contribution >= 0.6 is 11.9 Å². The van der Waals surface area contributed by atoms with Crippen molar-refractivity contribution in [1.29, 1.82) is 0 Å². The van der Waals surface area contributed by atoms with Gasteiger partial charge in [-0.1, -0.05) is 42.5 Å². The Bertz CT molecular complexity index is 1270. The first-order valence-electron chi connectivity index (χ1n) is 11.7. The van der Waals surface area contributed by atoms with Crippen molar-refractivity contribution in [1.82, 2.24) is 8.96 Å². The molecular formula is C28H34BFN2O2S. The van der Waals surface area contributed by atoms with E-state index in [0.29, 0.717) is 19.5 Å². The summed E-state index contributed by atoms with van der Waals surface area (Å²) < 4.78 is 22.7. The highest BCUT2D eigenvalue weighted by molar-refractivity contribution is 8.02. The minimum Gasteiger partial charge on any atom is -0.427 e. The van der Waals surface area contributed by atoms with Crippen LogP contribution in [-0.2, 0) is 11.1 Å². The fraction of sp³-hybridized carbons (Fsp3) is 0.321. The second-order valence-corrected chi connectivity index (χ2v) is 10.8. The van der Waals surface area contributed by atoms with Gasteiger partial charge in [-0.15, -0.1) is 0 Å². The number of rotatable bonds is 10. The molecule has 4 nitrogen and oxygen atoms in total. The molecule has 0 atom stereocenters. The maximum atomic E-state index is 14.5. The number of hydrogen-bond acceptors (Lipinski definition) is 4. The zero-order chi connectivity index (χ0) is 25.8. The summed E-state index contributed by atoms with van der Waals surface area (Å²) in [5, 5.41) is 11.4. The highest BCUT2D eigenvalue weighted by Crippen LogP contribution is 2.30. The molecule has 0 saturated heterocycles. The maximum absolute atomic E-state index is 14.5. The standard InChI is InChI=1S/C28H34BFN2O2S/c1-8-19(2)13-14-20(3)35-32-22(17-21-11-9-10-12-25(21)30)18-23-24(15-16-31-26(23)32)29-34-28(6,7)27(4,5)33/h8-16,18,29,33H,3,17H2,1-2,4-7H3/b14-13-,19-8-. The van der Waals surface area contributed by atoms with E-state index < -0.39 is 11.2 Å². The lowest BCUT2D eigenvalue weighted by Crippen LogP contribution is -2.49. The largest absolute Gasteiger partial charge is 0.427 e. The Balaban J connectivity index is 2.03. The summed E-state index contributed by atoms with van der Waals surface area (Å²) in [5.41, 5.74) is 2.63. The maximum Gasteiger partial charge on any atom is 0.310 e. The lowest BCUT2D eigenvalue weighted by atomic mass is 9.82. The van der Waals surface area contributed by atoms with Gasteiger partial charge in [0.1, 0.15) is 11.5 Å². The number of aliphatic hydroxyl groups is 1. The topological polar surface area (TPSA) is 47.3 Å². The first-order chi connectivity index (χ1) is 16.4. The number of hydrogen-bond donors (Lipinski definition) is 1. The van der Waals surface area contributed by atoms with Crippen LogP contribution in [0.5, 0.6) is 0 Å². The molecule has 2 heterocycles. The van der Waals surface area contributed by atoms with Gasteiger partial charge in [0.25, 0.3) is 0 Å². The van der Waals surface area contributed by atoms with Gasteiger partial charge in [-0.3, -0.25) is 3.97 Å². The third kappa shape index (κ3) is 6.54. The monoisotopic (exact) mass is 492 g/mol. The molecule has 0 spiro atoms. The average Bonchev–Trinajstić information content (AvgIpc) is 3.14. The van der Waals surface area contributed by atoms with E-state index in [0.717, 1.165) is 32.7 Å². The van der Waals surface area contributed by atoms with Crippen LogP contribution in [0, 0.1) is 5.82 Å². The Morgan fingerprint density at radius 1 is 1.23 bits per heavy atom. The second-order valence-electron chi connectivity index (χ2n) is 9.69. The fourth-order valence-corrected chi connectivity index (χ4v) is 4.10. The predicted octanol–water partition coefficient (Wildman–Crippen LogP) is 5.84. The van der Waals surface area contributed by atoms with Gasteiger partial charge in [0.2, 0.25) is 0 Å². The lowest BCUT2D eigenvalue weighted by Gasteiger charge is -2.37. The van der Waals surface area contributed by atoms with Crippen LogP contribution in [0.3, 0.4) is 0 Å². The van der Waals surface area contributed by atoms with Crippen LogP contribution in [0.1, 0.15) is 52.8 Å². The highest BCUT2D eigenvalue weighted by Gasteiger charge is 2.35. The van der Waals surface area contributed by atoms with Crippen LogP contribution < -0.4 is 5.46 Å². The Hall–Kier alpha value is -2.61. The summed E-state index contributed by atoms with van der Waals surface area (Å²) in [6.07, 6.45) is 8.19. The minimum atomic E-state index is -1.01. The zero-order valence-electron chi connectivity index (χ0n) is 21.4. The van der Waals surface area contributed by atoms with Crippen molar-refractivity contribution in [3.8, 4) is 0 Å². The third-order valence-electron chi connectivity index (χ3n) is 6.41. The van der Waals surface area contributed by atoms with Crippen molar-refractivity contribution in [3.05, 3.63) is 95.0 Å². The number of aromatic nitrogens is 2. The van der Waals surface area contributed by atoms with E-state index in [1.54, 1.807) is 32.2 Å². The summed E-state index contributed by atoms with van der Waals surface area (Å²) >= 11 is 1.46. The Labute approximate surface area is 213 Å². The first kappa shape index (κ1) is 27.0. The Kier molecular flexibility index (Phi) is 8.47. The van der Waals surface area contributed by atoms with E-state index in [2.05, 4.69) is 11.6 Å². The van der Waals surface area contributed by atoms with Crippen LogP contribution in [0.25, 0.3) is 11.0 Å². The Morgan fingerprint density at radius 2 is 1.94 bits per heavy atom. The second kappa shape index (κ2) is 11.0. The van der Waals surface area contributed by atoms with Crippen molar-refractivity contribution in [2.24, 2.45) is 0 Å². The van der Waals surface area contributed by atoms with Gasteiger partial charge in [-0.25, -0.2) is 9.37 Å². The number of nitrogens with zero attached hydrogens (tertiary/aromatic N) is 2. The van der Waals surface area contributed by atoms with Gasteiger partial charge in [0, 0.05) is 28.6 Å². The summed E-state index contributed by atoms with van der Waals surface area (Å²) in [6, 6.07) is 10.8. The quantitative estimate of drug-likeness (QED) is 0.285. The van der Waals surface area contributed by atoms with E-state index in [1.807, 2.05) is 68.1 Å². The van der Waals surface area contributed by atoms with Gasteiger partial charge in [0.15, 0.2) is 0 Å². The molecule has 1 aromatic carbocycles. The molecule has 0 bridgehead atoms. The molecular weight excluding hydrogens is 458 g/mol. The number of allylic oxidation sites excluding steroid dienone is 4. The number of halogens is 1. The molecule has 2 aromatic heterocycles. The van der Waals surface area contributed by atoms with Crippen molar-refractivity contribution in [2.75, 3.05) is 0 Å². The van der Waals surface area contributed by atoms with Crippen LogP contribution in [0.15, 0.2) is 77.9 Å². The van der Waals surface area contributed by atoms with Gasteiger partial charge >= 0.3 is 7.48 Å². The molecule has 0 radical (unpaired) electrons. The zero-order valence-corrected chi connectivity index (χ0v) is 22.2. The molecule has 0 aliphatic rings. The molecule has 0 aliphatic carbocycles. The lowest BCUT2D eigenvalue weighted by molar-refractivity contribution is -0.0893. The van der Waals surface area contributed by atoms with Crippen LogP contribution in [-0.4, -0.2) is 32.7 Å². The van der Waals surface area contributed by atoms with E-state index in [4.69, 9.17) is 4.65 Å². The van der Waals surface area contributed by atoms with E-state index in [-0.39, 0.29) is 5.82 Å². The number of benzene rings is 1. The molecule has 3 rings (SSSR count). The Morgan fingerprint density at radius 3 is 2.60 bits per heavy atom. The van der Waals surface area contributed by atoms with E-state index in [1.165, 1.54) is 18.0 Å². The van der Waals surface area contributed by atoms with Crippen molar-refractivity contribution < 1.29 is 14.2 Å². The molecule has 35 heavy (non-hydrogen) atoms. The average molecular weight is 492 g/mol. The number of fused-ring (bicyclic) bond motifs is 1. The van der Waals surface area contributed by atoms with Crippen LogP contribution in [0.2, 0.25) is 0 Å². The summed E-state index contributed by atoms with van der Waals surface area (Å²) in [4.78, 5) is 5.49. The van der Waals surface area contributed by atoms with E-state index >= 15 is 0 Å². The minimum absolute atomic E-state index is 0.236. The molecule has 0 amide bonds. The smallest absolute Gasteiger partial charge is 0.310 e. The summed E-state index contributed by atoms with van der Waals surface area (Å²) in [6.45, 7) is 15.5. The normalized spacial score (nSPS) is 13.1. The first-order valence-corrected chi connectivity index (χ1v) is 12.5. The van der Waals surface area contributed by atoms with Crippen LogP contribution in [0.4, 0.5) is 4.39 Å². The molecule has 7 heteroatoms. The summed E-state index contributed by atoms with van der Waals surface area (Å²) in [5.74, 6) is -0.236. The molecule has 1 N–H and O–H groups in total. The molecule has 0 fully saturated rings.